The molecule has 23 heavy (non-hydrogen) atoms. The Morgan fingerprint density at radius 3 is 2.39 bits per heavy atom. The third-order valence-electron chi connectivity index (χ3n) is 3.41. The second kappa shape index (κ2) is 7.92. The lowest BCUT2D eigenvalue weighted by Gasteiger charge is -2.08. The van der Waals surface area contributed by atoms with E-state index in [2.05, 4.69) is 15.9 Å². The van der Waals surface area contributed by atoms with E-state index >= 15 is 0 Å². The van der Waals surface area contributed by atoms with Crippen LogP contribution in [0.1, 0.15) is 33.2 Å². The fraction of sp³-hybridized carbons (Fsp3) is 0.222. The molecule has 4 nitrogen and oxygen atoms in total. The van der Waals surface area contributed by atoms with Crippen molar-refractivity contribution in [2.24, 2.45) is 0 Å². The Morgan fingerprint density at radius 2 is 1.78 bits per heavy atom. The number of hydrogen-bond donors (Lipinski definition) is 0. The van der Waals surface area contributed by atoms with Gasteiger partial charge in [-0.05, 0) is 46.1 Å². The molecule has 0 aliphatic heterocycles. The molecule has 0 bridgehead atoms. The van der Waals surface area contributed by atoms with Crippen LogP contribution in [0, 0.1) is 0 Å². The van der Waals surface area contributed by atoms with Gasteiger partial charge in [0.1, 0.15) is 5.75 Å². The van der Waals surface area contributed by atoms with Crippen LogP contribution < -0.4 is 4.74 Å². The number of benzene rings is 2. The van der Waals surface area contributed by atoms with Crippen LogP contribution in [-0.2, 0) is 11.2 Å². The minimum atomic E-state index is -0.575. The molecule has 0 amide bonds. The predicted octanol–water partition coefficient (Wildman–Crippen LogP) is 4.06. The molecule has 0 spiro atoms. The zero-order valence-electron chi connectivity index (χ0n) is 13.0. The second-order valence-electron chi connectivity index (χ2n) is 4.90. The summed E-state index contributed by atoms with van der Waals surface area (Å²) in [5.41, 5.74) is 2.00. The molecule has 0 unspecified atom stereocenters. The molecule has 0 fully saturated rings. The summed E-state index contributed by atoms with van der Waals surface area (Å²) in [5.74, 6) is -0.268. The number of esters is 1. The minimum absolute atomic E-state index is 0.236. The lowest BCUT2D eigenvalue weighted by atomic mass is 10.1. The SMILES string of the molecule is CCc1ccc(C(=O)COC(=O)c2cc(OC)ccc2Br)cc1. The Bertz CT molecular complexity index is 707. The molecule has 5 heteroatoms. The van der Waals surface area contributed by atoms with Crippen LogP contribution in [0.4, 0.5) is 0 Å². The van der Waals surface area contributed by atoms with Crippen LogP contribution in [-0.4, -0.2) is 25.5 Å². The summed E-state index contributed by atoms with van der Waals surface area (Å²) in [4.78, 5) is 24.2. The molecule has 0 saturated heterocycles. The van der Waals surface area contributed by atoms with Crippen LogP contribution in [0.3, 0.4) is 0 Å². The van der Waals surface area contributed by atoms with Crippen molar-refractivity contribution in [1.82, 2.24) is 0 Å². The van der Waals surface area contributed by atoms with Crippen molar-refractivity contribution < 1.29 is 19.1 Å². The number of ketones is 1. The standard InChI is InChI=1S/C18H17BrO4/c1-3-12-4-6-13(7-5-12)17(20)11-23-18(21)15-10-14(22-2)8-9-16(15)19/h4-10H,3,11H2,1-2H3. The average molecular weight is 377 g/mol. The van der Waals surface area contributed by atoms with E-state index in [1.165, 1.54) is 7.11 Å². The molecule has 2 aromatic rings. The van der Waals surface area contributed by atoms with Crippen LogP contribution in [0.5, 0.6) is 5.75 Å². The summed E-state index contributed by atoms with van der Waals surface area (Å²) in [6, 6.07) is 12.3. The summed E-state index contributed by atoms with van der Waals surface area (Å²) in [7, 11) is 1.52. The van der Waals surface area contributed by atoms with Crippen LogP contribution in [0.2, 0.25) is 0 Å². The van der Waals surface area contributed by atoms with Gasteiger partial charge in [-0.25, -0.2) is 4.79 Å². The maximum Gasteiger partial charge on any atom is 0.339 e. The maximum atomic E-state index is 12.1. The van der Waals surface area contributed by atoms with Crippen molar-refractivity contribution in [2.45, 2.75) is 13.3 Å². The normalized spacial score (nSPS) is 10.2. The fourth-order valence-electron chi connectivity index (χ4n) is 2.01. The van der Waals surface area contributed by atoms with E-state index in [0.717, 1.165) is 12.0 Å². The van der Waals surface area contributed by atoms with Crippen LogP contribution >= 0.6 is 15.9 Å². The molecule has 0 aliphatic carbocycles. The molecule has 0 saturated carbocycles. The van der Waals surface area contributed by atoms with Crippen LogP contribution in [0.25, 0.3) is 0 Å². The van der Waals surface area contributed by atoms with Gasteiger partial charge in [0.25, 0.3) is 0 Å². The summed E-state index contributed by atoms with van der Waals surface area (Å²) >= 11 is 3.29. The van der Waals surface area contributed by atoms with E-state index in [1.807, 2.05) is 19.1 Å². The number of carbonyl (C=O) groups is 2. The van der Waals surface area contributed by atoms with Crippen molar-refractivity contribution in [1.29, 1.82) is 0 Å². The highest BCUT2D eigenvalue weighted by Gasteiger charge is 2.15. The van der Waals surface area contributed by atoms with E-state index in [1.54, 1.807) is 30.3 Å². The quantitative estimate of drug-likeness (QED) is 0.563. The van der Waals surface area contributed by atoms with E-state index in [-0.39, 0.29) is 12.4 Å². The predicted molar refractivity (Wildman–Crippen MR) is 91.1 cm³/mol. The fourth-order valence-corrected chi connectivity index (χ4v) is 2.41. The summed E-state index contributed by atoms with van der Waals surface area (Å²) in [5, 5.41) is 0. The van der Waals surface area contributed by atoms with Crippen molar-refractivity contribution in [3.63, 3.8) is 0 Å². The van der Waals surface area contributed by atoms with Gasteiger partial charge in [0.15, 0.2) is 12.4 Å². The van der Waals surface area contributed by atoms with Gasteiger partial charge in [0.05, 0.1) is 12.7 Å². The van der Waals surface area contributed by atoms with Gasteiger partial charge in [-0.15, -0.1) is 0 Å². The van der Waals surface area contributed by atoms with Gasteiger partial charge in [-0.1, -0.05) is 31.2 Å². The van der Waals surface area contributed by atoms with Crippen molar-refractivity contribution >= 4 is 27.7 Å². The number of aryl methyl sites for hydroxylation is 1. The van der Waals surface area contributed by atoms with Gasteiger partial charge in [-0.2, -0.15) is 0 Å². The summed E-state index contributed by atoms with van der Waals surface area (Å²) < 4.78 is 10.8. The average Bonchev–Trinajstić information content (AvgIpc) is 2.59. The van der Waals surface area contributed by atoms with Gasteiger partial charge in [0, 0.05) is 10.0 Å². The minimum Gasteiger partial charge on any atom is -0.497 e. The first-order valence-electron chi connectivity index (χ1n) is 7.18. The molecular weight excluding hydrogens is 360 g/mol. The molecule has 2 aromatic carbocycles. The Kier molecular flexibility index (Phi) is 5.93. The molecule has 2 rings (SSSR count). The zero-order valence-corrected chi connectivity index (χ0v) is 14.6. The number of methoxy groups -OCH3 is 1. The summed E-state index contributed by atoms with van der Waals surface area (Å²) in [6.07, 6.45) is 0.910. The first kappa shape index (κ1) is 17.2. The van der Waals surface area contributed by atoms with E-state index in [9.17, 15) is 9.59 Å². The number of Topliss-reactive ketones (excluding diaryl/α,β-unsaturated/α-hetero) is 1. The Morgan fingerprint density at radius 1 is 1.09 bits per heavy atom. The lowest BCUT2D eigenvalue weighted by Crippen LogP contribution is -2.14. The highest BCUT2D eigenvalue weighted by molar-refractivity contribution is 9.10. The molecule has 0 N–H and O–H groups in total. The Balaban J connectivity index is 2.02. The smallest absolute Gasteiger partial charge is 0.339 e. The molecule has 120 valence electrons. The molecular formula is C18H17BrO4. The number of halogens is 1. The lowest BCUT2D eigenvalue weighted by molar-refractivity contribution is 0.0473. The van der Waals surface area contributed by atoms with Crippen molar-refractivity contribution in [3.8, 4) is 5.75 Å². The third kappa shape index (κ3) is 4.42. The van der Waals surface area contributed by atoms with Gasteiger partial charge in [0.2, 0.25) is 0 Å². The first-order chi connectivity index (χ1) is 11.0. The van der Waals surface area contributed by atoms with E-state index in [0.29, 0.717) is 21.3 Å². The highest BCUT2D eigenvalue weighted by Crippen LogP contribution is 2.23. The Hall–Kier alpha value is -2.14. The van der Waals surface area contributed by atoms with E-state index < -0.39 is 5.97 Å². The monoisotopic (exact) mass is 376 g/mol. The molecule has 0 atom stereocenters. The largest absolute Gasteiger partial charge is 0.497 e. The number of hydrogen-bond acceptors (Lipinski definition) is 4. The van der Waals surface area contributed by atoms with Crippen LogP contribution in [0.15, 0.2) is 46.9 Å². The Labute approximate surface area is 143 Å². The van der Waals surface area contributed by atoms with Crippen molar-refractivity contribution in [2.75, 3.05) is 13.7 Å². The molecule has 0 radical (unpaired) electrons. The summed E-state index contributed by atoms with van der Waals surface area (Å²) in [6.45, 7) is 1.75. The topological polar surface area (TPSA) is 52.6 Å². The van der Waals surface area contributed by atoms with E-state index in [4.69, 9.17) is 9.47 Å². The number of ether oxygens (including phenoxy) is 2. The van der Waals surface area contributed by atoms with Crippen molar-refractivity contribution in [3.05, 3.63) is 63.6 Å². The van der Waals surface area contributed by atoms with Gasteiger partial charge in [-0.3, -0.25) is 4.79 Å². The first-order valence-corrected chi connectivity index (χ1v) is 7.97. The molecule has 0 aliphatic rings. The number of rotatable bonds is 6. The third-order valence-corrected chi connectivity index (χ3v) is 4.10. The zero-order chi connectivity index (χ0) is 16.8. The second-order valence-corrected chi connectivity index (χ2v) is 5.75. The highest BCUT2D eigenvalue weighted by atomic mass is 79.9. The number of carbonyl (C=O) groups excluding carboxylic acids is 2. The van der Waals surface area contributed by atoms with Gasteiger partial charge < -0.3 is 9.47 Å². The molecule has 0 heterocycles. The van der Waals surface area contributed by atoms with Gasteiger partial charge >= 0.3 is 5.97 Å². The maximum absolute atomic E-state index is 12.1. The molecule has 0 aromatic heterocycles.